The van der Waals surface area contributed by atoms with Crippen molar-refractivity contribution in [1.29, 1.82) is 0 Å². The zero-order valence-electron chi connectivity index (χ0n) is 19.6. The molecule has 4 nitrogen and oxygen atoms in total. The number of imidazole rings is 1. The van der Waals surface area contributed by atoms with Gasteiger partial charge in [0.2, 0.25) is 0 Å². The van der Waals surface area contributed by atoms with E-state index in [0.717, 1.165) is 41.2 Å². The van der Waals surface area contributed by atoms with Crippen LogP contribution >= 0.6 is 0 Å². The minimum Gasteiger partial charge on any atom is -0.375 e. The van der Waals surface area contributed by atoms with Crippen LogP contribution in [-0.4, -0.2) is 21.1 Å². The lowest BCUT2D eigenvalue weighted by Gasteiger charge is -2.19. The molecule has 0 fully saturated rings. The largest absolute Gasteiger partial charge is 0.375 e. The molecule has 0 spiro atoms. The van der Waals surface area contributed by atoms with Crippen molar-refractivity contribution in [2.24, 2.45) is 0 Å². The number of pyridine rings is 1. The number of aryl methyl sites for hydroxylation is 2. The molecule has 174 valence electrons. The van der Waals surface area contributed by atoms with Gasteiger partial charge in [-0.1, -0.05) is 36.4 Å². The summed E-state index contributed by atoms with van der Waals surface area (Å²) in [6, 6.07) is 23.6. The van der Waals surface area contributed by atoms with Gasteiger partial charge < -0.3 is 9.30 Å². The summed E-state index contributed by atoms with van der Waals surface area (Å²) in [6.45, 7) is 3.32. The maximum Gasteiger partial charge on any atom is 0.123 e. The summed E-state index contributed by atoms with van der Waals surface area (Å²) in [5, 5.41) is 2.48. The minimum atomic E-state index is -0.249. The third-order valence-corrected chi connectivity index (χ3v) is 6.95. The maximum absolute atomic E-state index is 13.6. The Morgan fingerprint density at radius 3 is 2.57 bits per heavy atom. The molecule has 1 aliphatic rings. The summed E-state index contributed by atoms with van der Waals surface area (Å²) >= 11 is 0. The highest BCUT2D eigenvalue weighted by Crippen LogP contribution is 2.39. The van der Waals surface area contributed by atoms with E-state index in [-0.39, 0.29) is 11.9 Å². The molecule has 1 aliphatic heterocycles. The van der Waals surface area contributed by atoms with E-state index in [4.69, 9.17) is 9.72 Å². The number of halogens is 1. The molecule has 1 atom stereocenters. The van der Waals surface area contributed by atoms with E-state index in [9.17, 15) is 4.39 Å². The molecule has 0 bridgehead atoms. The predicted octanol–water partition coefficient (Wildman–Crippen LogP) is 6.92. The number of fused-ring (bicyclic) bond motifs is 2. The van der Waals surface area contributed by atoms with E-state index < -0.39 is 0 Å². The van der Waals surface area contributed by atoms with E-state index in [1.54, 1.807) is 24.5 Å². The lowest BCUT2D eigenvalue weighted by molar-refractivity contribution is 0.0929. The van der Waals surface area contributed by atoms with Crippen LogP contribution in [0.15, 0.2) is 85.2 Å². The van der Waals surface area contributed by atoms with Gasteiger partial charge in [-0.05, 0) is 71.6 Å². The molecule has 0 amide bonds. The van der Waals surface area contributed by atoms with Crippen LogP contribution in [0.2, 0.25) is 0 Å². The number of benzene rings is 3. The summed E-state index contributed by atoms with van der Waals surface area (Å²) in [7, 11) is 0. The molecular weight excluding hydrogens is 437 g/mol. The molecule has 5 aromatic rings. The van der Waals surface area contributed by atoms with Crippen LogP contribution in [0.5, 0.6) is 0 Å². The Kier molecular flexibility index (Phi) is 5.63. The molecule has 0 saturated carbocycles. The van der Waals surface area contributed by atoms with Gasteiger partial charge in [-0.2, -0.15) is 0 Å². The molecule has 3 heterocycles. The molecule has 6 rings (SSSR count). The van der Waals surface area contributed by atoms with Gasteiger partial charge in [-0.3, -0.25) is 4.98 Å². The van der Waals surface area contributed by atoms with Gasteiger partial charge in [-0.15, -0.1) is 0 Å². The first-order valence-electron chi connectivity index (χ1n) is 12.0. The highest BCUT2D eigenvalue weighted by atomic mass is 19.1. The van der Waals surface area contributed by atoms with Crippen molar-refractivity contribution < 1.29 is 9.13 Å². The quantitative estimate of drug-likeness (QED) is 0.274. The van der Waals surface area contributed by atoms with E-state index in [1.807, 2.05) is 12.1 Å². The number of rotatable bonds is 6. The number of ether oxygens (including phenoxy) is 1. The second-order valence-electron chi connectivity index (χ2n) is 9.13. The average Bonchev–Trinajstić information content (AvgIpc) is 3.46. The van der Waals surface area contributed by atoms with Crippen molar-refractivity contribution in [3.05, 3.63) is 108 Å². The Bertz CT molecular complexity index is 1490. The summed E-state index contributed by atoms with van der Waals surface area (Å²) < 4.78 is 22.3. The molecule has 35 heavy (non-hydrogen) atoms. The first-order chi connectivity index (χ1) is 17.2. The van der Waals surface area contributed by atoms with Gasteiger partial charge in [0, 0.05) is 29.9 Å². The van der Waals surface area contributed by atoms with Gasteiger partial charge in [-0.25, -0.2) is 9.37 Å². The predicted molar refractivity (Wildman–Crippen MR) is 137 cm³/mol. The summed E-state index contributed by atoms with van der Waals surface area (Å²) in [6.07, 6.45) is 5.47. The van der Waals surface area contributed by atoms with Gasteiger partial charge >= 0.3 is 0 Å². The molecule has 3 aromatic carbocycles. The van der Waals surface area contributed by atoms with Crippen LogP contribution in [-0.2, 0) is 17.8 Å². The second-order valence-corrected chi connectivity index (χ2v) is 9.13. The van der Waals surface area contributed by atoms with Gasteiger partial charge in [0.25, 0.3) is 0 Å². The number of nitrogens with zero attached hydrogens (tertiary/aromatic N) is 3. The van der Waals surface area contributed by atoms with Crippen molar-refractivity contribution >= 4 is 10.8 Å². The standard InChI is InChI=1S/C30H26FN3O/c1-20-6-7-21-4-2-3-5-26(21)27(20)19-35-18-25-12-13-28-33-29(22-8-10-24(31)11-9-22)30(34(25)28)23-14-16-32-17-15-23/h2-11,14-17,25H,12-13,18-19H2,1H3. The second kappa shape index (κ2) is 9.08. The summed E-state index contributed by atoms with van der Waals surface area (Å²) in [5.41, 5.74) is 6.37. The van der Waals surface area contributed by atoms with Gasteiger partial charge in [0.1, 0.15) is 11.6 Å². The minimum absolute atomic E-state index is 0.185. The molecule has 2 aromatic heterocycles. The third-order valence-electron chi connectivity index (χ3n) is 6.95. The lowest BCUT2D eigenvalue weighted by Crippen LogP contribution is -2.13. The average molecular weight is 464 g/mol. The van der Waals surface area contributed by atoms with Crippen LogP contribution in [0.1, 0.15) is 29.4 Å². The molecule has 0 saturated heterocycles. The fraction of sp³-hybridized carbons (Fsp3) is 0.200. The summed E-state index contributed by atoms with van der Waals surface area (Å²) in [5.74, 6) is 0.798. The number of hydrogen-bond acceptors (Lipinski definition) is 3. The number of hydrogen-bond donors (Lipinski definition) is 0. The van der Waals surface area contributed by atoms with Crippen molar-refractivity contribution in [2.75, 3.05) is 6.61 Å². The summed E-state index contributed by atoms with van der Waals surface area (Å²) in [4.78, 5) is 9.20. The lowest BCUT2D eigenvalue weighted by atomic mass is 10.0. The first-order valence-corrected chi connectivity index (χ1v) is 12.0. The van der Waals surface area contributed by atoms with Gasteiger partial charge in [0.15, 0.2) is 0 Å². The monoisotopic (exact) mass is 463 g/mol. The highest BCUT2D eigenvalue weighted by Gasteiger charge is 2.30. The Labute approximate surface area is 204 Å². The Balaban J connectivity index is 1.32. The topological polar surface area (TPSA) is 39.9 Å². The molecule has 0 aliphatic carbocycles. The van der Waals surface area contributed by atoms with Crippen LogP contribution in [0.4, 0.5) is 4.39 Å². The SMILES string of the molecule is Cc1ccc2ccccc2c1COCC1CCc2nc(-c3ccc(F)cc3)c(-c3ccncc3)n21. The van der Waals surface area contributed by atoms with E-state index >= 15 is 0 Å². The van der Waals surface area contributed by atoms with Crippen LogP contribution in [0, 0.1) is 12.7 Å². The molecule has 1 unspecified atom stereocenters. The third kappa shape index (κ3) is 4.02. The molecule has 0 radical (unpaired) electrons. The van der Waals surface area contributed by atoms with Crippen molar-refractivity contribution in [2.45, 2.75) is 32.4 Å². The Morgan fingerprint density at radius 2 is 1.74 bits per heavy atom. The smallest absolute Gasteiger partial charge is 0.123 e. The van der Waals surface area contributed by atoms with Crippen LogP contribution in [0.3, 0.4) is 0 Å². The van der Waals surface area contributed by atoms with E-state index in [1.165, 1.54) is 34.0 Å². The Morgan fingerprint density at radius 1 is 0.943 bits per heavy atom. The highest BCUT2D eigenvalue weighted by molar-refractivity contribution is 5.86. The van der Waals surface area contributed by atoms with Crippen LogP contribution < -0.4 is 0 Å². The van der Waals surface area contributed by atoms with E-state index in [0.29, 0.717) is 13.2 Å². The number of aromatic nitrogens is 3. The zero-order valence-corrected chi connectivity index (χ0v) is 19.6. The zero-order chi connectivity index (χ0) is 23.8. The van der Waals surface area contributed by atoms with Gasteiger partial charge in [0.05, 0.1) is 30.6 Å². The normalized spacial score (nSPS) is 15.0. The molecule has 5 heteroatoms. The maximum atomic E-state index is 13.6. The Hall–Kier alpha value is -3.83. The molecule has 0 N–H and O–H groups in total. The van der Waals surface area contributed by atoms with Crippen molar-refractivity contribution in [3.63, 3.8) is 0 Å². The first kappa shape index (κ1) is 21.7. The van der Waals surface area contributed by atoms with E-state index in [2.05, 4.69) is 52.9 Å². The van der Waals surface area contributed by atoms with Crippen molar-refractivity contribution in [3.8, 4) is 22.5 Å². The fourth-order valence-corrected chi connectivity index (χ4v) is 5.16. The fourth-order valence-electron chi connectivity index (χ4n) is 5.16. The van der Waals surface area contributed by atoms with Crippen LogP contribution in [0.25, 0.3) is 33.3 Å². The van der Waals surface area contributed by atoms with Crippen molar-refractivity contribution in [1.82, 2.24) is 14.5 Å². The molecular formula is C30H26FN3O.